The summed E-state index contributed by atoms with van der Waals surface area (Å²) in [6.07, 6.45) is -0.145. The topological polar surface area (TPSA) is 29.6 Å². The summed E-state index contributed by atoms with van der Waals surface area (Å²) in [6, 6.07) is 15.3. The Kier molecular flexibility index (Phi) is 2.71. The number of rotatable bonds is 1. The van der Waals surface area contributed by atoms with Crippen molar-refractivity contribution in [1.82, 2.24) is 0 Å². The van der Waals surface area contributed by atoms with Gasteiger partial charge in [-0.3, -0.25) is 4.79 Å². The zero-order valence-corrected chi connectivity index (χ0v) is 12.1. The van der Waals surface area contributed by atoms with Gasteiger partial charge in [0.15, 0.2) is 11.4 Å². The third kappa shape index (κ3) is 1.74. The molecule has 2 aromatic rings. The van der Waals surface area contributed by atoms with Crippen molar-refractivity contribution >= 4 is 29.1 Å². The first kappa shape index (κ1) is 12.5. The molecule has 20 heavy (non-hydrogen) atoms. The molecule has 4 heteroatoms. The van der Waals surface area contributed by atoms with Gasteiger partial charge in [0, 0.05) is 21.2 Å². The highest BCUT2D eigenvalue weighted by atomic mass is 35.5. The lowest BCUT2D eigenvalue weighted by Crippen LogP contribution is -2.32. The number of hydrogen-bond acceptors (Lipinski definition) is 3. The smallest absolute Gasteiger partial charge is 0.199 e. The van der Waals surface area contributed by atoms with Gasteiger partial charge in [0.25, 0.3) is 0 Å². The Hall–Kier alpha value is -1.29. The number of thioether (sulfide) groups is 1. The van der Waals surface area contributed by atoms with Crippen LogP contribution in [0.5, 0.6) is 0 Å². The molecule has 0 aromatic heterocycles. The van der Waals surface area contributed by atoms with Crippen LogP contribution in [0.3, 0.4) is 0 Å². The molecule has 0 unspecified atom stereocenters. The van der Waals surface area contributed by atoms with Gasteiger partial charge in [-0.1, -0.05) is 41.9 Å². The summed E-state index contributed by atoms with van der Waals surface area (Å²) in [6.45, 7) is 0. The second kappa shape index (κ2) is 4.35. The first-order valence-electron chi connectivity index (χ1n) is 6.41. The zero-order chi connectivity index (χ0) is 13.7. The number of benzene rings is 2. The van der Waals surface area contributed by atoms with Crippen LogP contribution in [0.15, 0.2) is 53.4 Å². The fraction of sp³-hybridized carbons (Fsp3) is 0.188. The van der Waals surface area contributed by atoms with Crippen LogP contribution >= 0.6 is 23.4 Å². The van der Waals surface area contributed by atoms with Gasteiger partial charge < -0.3 is 4.74 Å². The van der Waals surface area contributed by atoms with Crippen molar-refractivity contribution in [2.45, 2.75) is 16.6 Å². The van der Waals surface area contributed by atoms with E-state index in [-0.39, 0.29) is 11.9 Å². The van der Waals surface area contributed by atoms with Gasteiger partial charge >= 0.3 is 0 Å². The average molecular weight is 303 g/mol. The second-order valence-electron chi connectivity index (χ2n) is 5.05. The lowest BCUT2D eigenvalue weighted by Gasteiger charge is -2.20. The normalized spacial score (nSPS) is 27.4. The highest BCUT2D eigenvalue weighted by Crippen LogP contribution is 2.56. The molecule has 0 amide bonds. The Labute approximate surface area is 126 Å². The number of Topliss-reactive ketones (excluding diaryl/α,β-unsaturated/α-hetero) is 1. The van der Waals surface area contributed by atoms with E-state index in [2.05, 4.69) is 0 Å². The van der Waals surface area contributed by atoms with Crippen LogP contribution in [0.4, 0.5) is 0 Å². The number of ketones is 1. The number of carbonyl (C=O) groups is 1. The van der Waals surface area contributed by atoms with Crippen LogP contribution in [-0.2, 0) is 4.74 Å². The van der Waals surface area contributed by atoms with Crippen molar-refractivity contribution in [2.75, 3.05) is 5.75 Å². The molecule has 2 aliphatic rings. The number of halogens is 1. The molecule has 0 bridgehead atoms. The number of ether oxygens (including phenoxy) is 1. The number of hydrogen-bond donors (Lipinski definition) is 0. The maximum Gasteiger partial charge on any atom is 0.199 e. The maximum atomic E-state index is 12.7. The minimum atomic E-state index is -0.674. The number of fused-ring (bicyclic) bond motifs is 1. The van der Waals surface area contributed by atoms with E-state index < -0.39 is 5.60 Å². The minimum absolute atomic E-state index is 0.104. The Bertz CT molecular complexity index is 698. The first-order chi connectivity index (χ1) is 9.71. The summed E-state index contributed by atoms with van der Waals surface area (Å²) < 4.78 is 5.83. The van der Waals surface area contributed by atoms with Crippen molar-refractivity contribution in [3.8, 4) is 0 Å². The number of epoxide rings is 1. The van der Waals surface area contributed by atoms with Crippen LogP contribution in [-0.4, -0.2) is 17.1 Å². The summed E-state index contributed by atoms with van der Waals surface area (Å²) in [7, 11) is 0. The molecule has 100 valence electrons. The molecule has 0 radical (unpaired) electrons. The highest BCUT2D eigenvalue weighted by molar-refractivity contribution is 7.99. The van der Waals surface area contributed by atoms with E-state index in [1.54, 1.807) is 11.8 Å². The second-order valence-corrected chi connectivity index (χ2v) is 6.51. The molecule has 1 fully saturated rings. The van der Waals surface area contributed by atoms with Gasteiger partial charge in [-0.25, -0.2) is 0 Å². The van der Waals surface area contributed by atoms with Crippen molar-refractivity contribution in [2.24, 2.45) is 0 Å². The van der Waals surface area contributed by atoms with E-state index in [1.165, 1.54) is 0 Å². The van der Waals surface area contributed by atoms with Crippen molar-refractivity contribution in [3.63, 3.8) is 0 Å². The van der Waals surface area contributed by atoms with Crippen molar-refractivity contribution in [3.05, 3.63) is 64.7 Å². The molecule has 1 spiro atoms. The van der Waals surface area contributed by atoms with E-state index in [0.717, 1.165) is 16.0 Å². The van der Waals surface area contributed by atoms with Gasteiger partial charge in [0.05, 0.1) is 0 Å². The van der Waals surface area contributed by atoms with Gasteiger partial charge in [0.1, 0.15) is 6.10 Å². The summed E-state index contributed by atoms with van der Waals surface area (Å²) in [5.41, 5.74) is 1.12. The van der Waals surface area contributed by atoms with Gasteiger partial charge in [-0.05, 0) is 23.8 Å². The maximum absolute atomic E-state index is 12.7. The van der Waals surface area contributed by atoms with Gasteiger partial charge in [-0.2, -0.15) is 0 Å². The van der Waals surface area contributed by atoms with Crippen LogP contribution in [0.2, 0.25) is 5.02 Å². The molecule has 0 aliphatic carbocycles. The summed E-state index contributed by atoms with van der Waals surface area (Å²) in [5.74, 6) is 0.780. The molecule has 2 aliphatic heterocycles. The van der Waals surface area contributed by atoms with E-state index in [0.29, 0.717) is 10.8 Å². The van der Waals surface area contributed by atoms with Crippen molar-refractivity contribution < 1.29 is 9.53 Å². The van der Waals surface area contributed by atoms with E-state index in [1.807, 2.05) is 48.5 Å². The third-order valence-corrected chi connectivity index (χ3v) is 5.32. The highest BCUT2D eigenvalue weighted by Gasteiger charge is 2.64. The predicted molar refractivity (Wildman–Crippen MR) is 79.5 cm³/mol. The third-order valence-electron chi connectivity index (χ3n) is 3.83. The van der Waals surface area contributed by atoms with Crippen LogP contribution in [0, 0.1) is 0 Å². The molecule has 2 heterocycles. The van der Waals surface area contributed by atoms with Gasteiger partial charge in [0.2, 0.25) is 0 Å². The molecule has 2 aromatic carbocycles. The molecular weight excluding hydrogens is 292 g/mol. The van der Waals surface area contributed by atoms with E-state index in [4.69, 9.17) is 16.3 Å². The summed E-state index contributed by atoms with van der Waals surface area (Å²) in [5, 5.41) is 0.693. The first-order valence-corrected chi connectivity index (χ1v) is 7.77. The lowest BCUT2D eigenvalue weighted by molar-refractivity contribution is 0.0885. The molecule has 2 atom stereocenters. The Balaban J connectivity index is 1.69. The van der Waals surface area contributed by atoms with Crippen molar-refractivity contribution in [1.29, 1.82) is 0 Å². The molecular formula is C16H11ClO2S. The monoisotopic (exact) mass is 302 g/mol. The van der Waals surface area contributed by atoms with E-state index in [9.17, 15) is 4.79 Å². The quantitative estimate of drug-likeness (QED) is 0.742. The number of carbonyl (C=O) groups excluding carboxylic acids is 1. The lowest BCUT2D eigenvalue weighted by atomic mass is 9.92. The minimum Gasteiger partial charge on any atom is -0.351 e. The predicted octanol–water partition coefficient (Wildman–Crippen LogP) is 4.14. The van der Waals surface area contributed by atoms with Gasteiger partial charge in [-0.15, -0.1) is 11.8 Å². The Morgan fingerprint density at radius 3 is 2.70 bits per heavy atom. The summed E-state index contributed by atoms with van der Waals surface area (Å²) >= 11 is 7.59. The fourth-order valence-electron chi connectivity index (χ4n) is 2.69. The molecule has 2 nitrogen and oxygen atoms in total. The zero-order valence-electron chi connectivity index (χ0n) is 10.5. The Morgan fingerprint density at radius 2 is 1.90 bits per heavy atom. The largest absolute Gasteiger partial charge is 0.351 e. The Morgan fingerprint density at radius 1 is 1.15 bits per heavy atom. The standard InChI is InChI=1S/C16H11ClO2S/c17-11-7-5-10(6-8-11)15-16(19-15)9-20-13-4-2-1-3-12(13)14(16)18/h1-8,15H,9H2/t15-,16+/m1/s1. The molecule has 0 N–H and O–H groups in total. The molecule has 0 saturated carbocycles. The van der Waals surface area contributed by atoms with Crippen LogP contribution in [0.1, 0.15) is 22.0 Å². The fourth-order valence-corrected chi connectivity index (χ4v) is 4.03. The average Bonchev–Trinajstić information content (AvgIpc) is 3.20. The molecule has 4 rings (SSSR count). The van der Waals surface area contributed by atoms with Crippen LogP contribution < -0.4 is 0 Å². The van der Waals surface area contributed by atoms with E-state index >= 15 is 0 Å². The SMILES string of the molecule is O=C1c2ccccc2SC[C@]12O[C@@H]2c1ccc(Cl)cc1. The molecule has 1 saturated heterocycles. The summed E-state index contributed by atoms with van der Waals surface area (Å²) in [4.78, 5) is 13.7. The van der Waals surface area contributed by atoms with Crippen LogP contribution in [0.25, 0.3) is 0 Å².